The predicted molar refractivity (Wildman–Crippen MR) is 60.9 cm³/mol. The van der Waals surface area contributed by atoms with Crippen LogP contribution in [0.1, 0.15) is 23.8 Å². The number of rotatable bonds is 2. The molecule has 0 aliphatic carbocycles. The van der Waals surface area contributed by atoms with Crippen LogP contribution in [0.4, 0.5) is 0 Å². The fourth-order valence-electron chi connectivity index (χ4n) is 1.32. The van der Waals surface area contributed by atoms with E-state index in [1.54, 1.807) is 6.20 Å². The van der Waals surface area contributed by atoms with Gasteiger partial charge in [0.25, 0.3) is 0 Å². The van der Waals surface area contributed by atoms with E-state index in [1.165, 1.54) is 5.56 Å². The maximum atomic E-state index is 5.87. The Morgan fingerprint density at radius 3 is 2.47 bits per heavy atom. The van der Waals surface area contributed by atoms with Crippen molar-refractivity contribution >= 4 is 11.6 Å². The Kier molecular flexibility index (Phi) is 2.78. The van der Waals surface area contributed by atoms with Crippen molar-refractivity contribution in [2.45, 2.75) is 19.2 Å². The Morgan fingerprint density at radius 1 is 1.27 bits per heavy atom. The molecule has 0 radical (unpaired) electrons. The molecule has 0 spiro atoms. The van der Waals surface area contributed by atoms with E-state index >= 15 is 0 Å². The van der Waals surface area contributed by atoms with Crippen LogP contribution in [0.3, 0.4) is 0 Å². The lowest BCUT2D eigenvalue weighted by atomic mass is 10.1. The third-order valence-electron chi connectivity index (χ3n) is 2.20. The van der Waals surface area contributed by atoms with Crippen molar-refractivity contribution in [3.05, 3.63) is 41.9 Å². The zero-order chi connectivity index (χ0) is 10.8. The van der Waals surface area contributed by atoms with Gasteiger partial charge in [-0.15, -0.1) is 11.6 Å². The lowest BCUT2D eigenvalue weighted by Gasteiger charge is -1.97. The van der Waals surface area contributed by atoms with Crippen LogP contribution in [-0.4, -0.2) is 4.98 Å². The number of nitrogens with zero attached hydrogens (tertiary/aromatic N) is 1. The topological polar surface area (TPSA) is 26.0 Å². The lowest BCUT2D eigenvalue weighted by Crippen LogP contribution is -1.80. The highest BCUT2D eigenvalue weighted by Gasteiger charge is 2.10. The average Bonchev–Trinajstić information content (AvgIpc) is 2.68. The molecule has 0 fully saturated rings. The molecule has 2 rings (SSSR count). The molecule has 0 N–H and O–H groups in total. The number of hydrogen-bond donors (Lipinski definition) is 0. The highest BCUT2D eigenvalue weighted by Crippen LogP contribution is 2.25. The largest absolute Gasteiger partial charge is 0.439 e. The van der Waals surface area contributed by atoms with Crippen molar-refractivity contribution in [1.29, 1.82) is 0 Å². The van der Waals surface area contributed by atoms with Crippen molar-refractivity contribution in [2.75, 3.05) is 0 Å². The van der Waals surface area contributed by atoms with Gasteiger partial charge in [0.1, 0.15) is 5.38 Å². The molecule has 0 aliphatic rings. The minimum absolute atomic E-state index is 0.191. The van der Waals surface area contributed by atoms with Crippen molar-refractivity contribution in [1.82, 2.24) is 4.98 Å². The van der Waals surface area contributed by atoms with Gasteiger partial charge in [-0.25, -0.2) is 4.98 Å². The molecule has 1 aromatic heterocycles. The monoisotopic (exact) mass is 221 g/mol. The molecule has 1 atom stereocenters. The van der Waals surface area contributed by atoms with Gasteiger partial charge in [-0.3, -0.25) is 0 Å². The first kappa shape index (κ1) is 10.2. The van der Waals surface area contributed by atoms with Crippen LogP contribution in [0.2, 0.25) is 0 Å². The number of benzene rings is 1. The fourth-order valence-corrected chi connectivity index (χ4v) is 1.42. The SMILES string of the molecule is Cc1ccc(-c2cnc(C(C)Cl)o2)cc1. The van der Waals surface area contributed by atoms with Crippen molar-refractivity contribution in [3.63, 3.8) is 0 Å². The van der Waals surface area contributed by atoms with E-state index < -0.39 is 0 Å². The Hall–Kier alpha value is -1.28. The predicted octanol–water partition coefficient (Wildman–Crippen LogP) is 3.95. The number of aryl methyl sites for hydroxylation is 1. The van der Waals surface area contributed by atoms with Gasteiger partial charge >= 0.3 is 0 Å². The first-order chi connectivity index (χ1) is 7.16. The average molecular weight is 222 g/mol. The normalized spacial score (nSPS) is 12.7. The Balaban J connectivity index is 2.33. The summed E-state index contributed by atoms with van der Waals surface area (Å²) in [5, 5.41) is -0.191. The van der Waals surface area contributed by atoms with Gasteiger partial charge in [0.2, 0.25) is 5.89 Å². The summed E-state index contributed by atoms with van der Waals surface area (Å²) >= 11 is 5.87. The minimum atomic E-state index is -0.191. The third kappa shape index (κ3) is 2.21. The number of aromatic nitrogens is 1. The molecule has 0 aliphatic heterocycles. The summed E-state index contributed by atoms with van der Waals surface area (Å²) < 4.78 is 5.53. The number of oxazole rings is 1. The van der Waals surface area contributed by atoms with Crippen LogP contribution in [0.25, 0.3) is 11.3 Å². The van der Waals surface area contributed by atoms with Crippen LogP contribution in [0.15, 0.2) is 34.9 Å². The fraction of sp³-hybridized carbons (Fsp3) is 0.250. The van der Waals surface area contributed by atoms with Gasteiger partial charge in [-0.1, -0.05) is 29.8 Å². The van der Waals surface area contributed by atoms with Crippen molar-refractivity contribution < 1.29 is 4.42 Å². The highest BCUT2D eigenvalue weighted by atomic mass is 35.5. The minimum Gasteiger partial charge on any atom is -0.439 e. The summed E-state index contributed by atoms with van der Waals surface area (Å²) in [6.07, 6.45) is 1.71. The molecule has 2 nitrogen and oxygen atoms in total. The smallest absolute Gasteiger partial charge is 0.212 e. The third-order valence-corrected chi connectivity index (χ3v) is 2.39. The second kappa shape index (κ2) is 4.07. The van der Waals surface area contributed by atoms with Crippen LogP contribution < -0.4 is 0 Å². The van der Waals surface area contributed by atoms with E-state index in [1.807, 2.05) is 31.2 Å². The van der Waals surface area contributed by atoms with E-state index in [0.717, 1.165) is 11.3 Å². The molecular formula is C12H12ClNO. The van der Waals surface area contributed by atoms with E-state index in [4.69, 9.17) is 16.0 Å². The molecule has 1 aromatic carbocycles. The van der Waals surface area contributed by atoms with Crippen LogP contribution in [-0.2, 0) is 0 Å². The standard InChI is InChI=1S/C12H12ClNO/c1-8-3-5-10(6-4-8)11-7-14-12(15-11)9(2)13/h3-7,9H,1-2H3. The van der Waals surface area contributed by atoms with Gasteiger partial charge in [0.05, 0.1) is 6.20 Å². The number of halogens is 1. The van der Waals surface area contributed by atoms with Crippen LogP contribution >= 0.6 is 11.6 Å². The van der Waals surface area contributed by atoms with E-state index in [-0.39, 0.29) is 5.38 Å². The molecule has 3 heteroatoms. The molecule has 78 valence electrons. The quantitative estimate of drug-likeness (QED) is 0.718. The Morgan fingerprint density at radius 2 is 1.93 bits per heavy atom. The summed E-state index contributed by atoms with van der Waals surface area (Å²) in [5.41, 5.74) is 2.25. The molecule has 0 saturated heterocycles. The van der Waals surface area contributed by atoms with E-state index in [0.29, 0.717) is 5.89 Å². The second-order valence-electron chi connectivity index (χ2n) is 3.54. The summed E-state index contributed by atoms with van der Waals surface area (Å²) in [6, 6.07) is 8.11. The van der Waals surface area contributed by atoms with Gasteiger partial charge in [0.15, 0.2) is 5.76 Å². The molecule has 15 heavy (non-hydrogen) atoms. The van der Waals surface area contributed by atoms with Crippen LogP contribution in [0.5, 0.6) is 0 Å². The zero-order valence-corrected chi connectivity index (χ0v) is 9.45. The Labute approximate surface area is 93.9 Å². The first-order valence-electron chi connectivity index (χ1n) is 4.83. The number of hydrogen-bond acceptors (Lipinski definition) is 2. The maximum absolute atomic E-state index is 5.87. The van der Waals surface area contributed by atoms with E-state index in [9.17, 15) is 0 Å². The Bertz CT molecular complexity index is 445. The van der Waals surface area contributed by atoms with Crippen molar-refractivity contribution in [3.8, 4) is 11.3 Å². The molecular weight excluding hydrogens is 210 g/mol. The zero-order valence-electron chi connectivity index (χ0n) is 8.70. The van der Waals surface area contributed by atoms with Crippen molar-refractivity contribution in [2.24, 2.45) is 0 Å². The molecule has 1 heterocycles. The summed E-state index contributed by atoms with van der Waals surface area (Å²) in [5.74, 6) is 1.32. The second-order valence-corrected chi connectivity index (χ2v) is 4.20. The first-order valence-corrected chi connectivity index (χ1v) is 5.27. The maximum Gasteiger partial charge on any atom is 0.212 e. The molecule has 1 unspecified atom stereocenters. The van der Waals surface area contributed by atoms with E-state index in [2.05, 4.69) is 11.9 Å². The van der Waals surface area contributed by atoms with Gasteiger partial charge < -0.3 is 4.42 Å². The van der Waals surface area contributed by atoms with Gasteiger partial charge in [0, 0.05) is 5.56 Å². The molecule has 0 saturated carbocycles. The highest BCUT2D eigenvalue weighted by molar-refractivity contribution is 6.20. The van der Waals surface area contributed by atoms with Gasteiger partial charge in [-0.2, -0.15) is 0 Å². The molecule has 2 aromatic rings. The summed E-state index contributed by atoms with van der Waals surface area (Å²) in [4.78, 5) is 4.12. The summed E-state index contributed by atoms with van der Waals surface area (Å²) in [6.45, 7) is 3.89. The lowest BCUT2D eigenvalue weighted by molar-refractivity contribution is 0.508. The van der Waals surface area contributed by atoms with Gasteiger partial charge in [-0.05, 0) is 13.8 Å². The molecule has 0 amide bonds. The number of alkyl halides is 1. The molecule has 0 bridgehead atoms. The summed E-state index contributed by atoms with van der Waals surface area (Å²) in [7, 11) is 0. The van der Waals surface area contributed by atoms with Crippen LogP contribution in [0, 0.1) is 6.92 Å².